The molecule has 0 aromatic carbocycles. The van der Waals surface area contributed by atoms with Gasteiger partial charge in [0.05, 0.1) is 23.7 Å². The summed E-state index contributed by atoms with van der Waals surface area (Å²) in [4.78, 5) is 47.7. The first-order valence-corrected chi connectivity index (χ1v) is 14.0. The minimum absolute atomic E-state index is 0.0625. The van der Waals surface area contributed by atoms with Gasteiger partial charge in [0, 0.05) is 0 Å². The van der Waals surface area contributed by atoms with E-state index in [9.17, 15) is 39.6 Å². The average Bonchev–Trinajstić information content (AvgIpc) is 2.92. The smallest absolute Gasteiger partial charge is 0.308 e. The Kier molecular flexibility index (Phi) is 11.1. The number of unbranched alkanes of at least 4 members (excludes halogenated alkanes) is 9. The minimum Gasteiger partial charge on any atom is -0.481 e. The first-order chi connectivity index (χ1) is 15.7. The molecule has 0 aliphatic carbocycles. The second-order valence-corrected chi connectivity index (χ2v) is 12.4. The number of carboxylic acid groups (broad SMARTS) is 4. The van der Waals surface area contributed by atoms with E-state index < -0.39 is 66.8 Å². The van der Waals surface area contributed by atoms with Gasteiger partial charge in [0.2, 0.25) is 0 Å². The van der Waals surface area contributed by atoms with Crippen molar-refractivity contribution in [3.8, 4) is 0 Å². The lowest BCUT2D eigenvalue weighted by atomic mass is 9.74. The summed E-state index contributed by atoms with van der Waals surface area (Å²) in [5.74, 6) is -9.51. The van der Waals surface area contributed by atoms with Gasteiger partial charge in [0.25, 0.3) is 0 Å². The number of carbonyl (C=O) groups is 4. The van der Waals surface area contributed by atoms with Gasteiger partial charge in [-0.3, -0.25) is 19.2 Å². The fourth-order valence-corrected chi connectivity index (χ4v) is 10.0. The highest BCUT2D eigenvalue weighted by Gasteiger charge is 2.60. The van der Waals surface area contributed by atoms with Crippen LogP contribution in [0.4, 0.5) is 0 Å². The Bertz CT molecular complexity index is 650. The maximum absolute atomic E-state index is 12.0. The van der Waals surface area contributed by atoms with Crippen molar-refractivity contribution in [3.63, 3.8) is 0 Å². The Balaban J connectivity index is 2.03. The van der Waals surface area contributed by atoms with Crippen LogP contribution in [0.5, 0.6) is 0 Å². The first-order valence-electron chi connectivity index (χ1n) is 12.4. The van der Waals surface area contributed by atoms with Crippen molar-refractivity contribution in [2.24, 2.45) is 23.7 Å². The van der Waals surface area contributed by atoms with Crippen LogP contribution in [0.3, 0.4) is 0 Å². The van der Waals surface area contributed by atoms with Gasteiger partial charge in [-0.05, 0) is 36.7 Å². The molecule has 9 heteroatoms. The summed E-state index contributed by atoms with van der Waals surface area (Å²) in [5.41, 5.74) is -1.12. The van der Waals surface area contributed by atoms with E-state index in [1.165, 1.54) is 38.5 Å². The number of fused-ring (bicyclic) bond motifs is 2. The quantitative estimate of drug-likeness (QED) is 0.192. The summed E-state index contributed by atoms with van der Waals surface area (Å²) in [5, 5.41) is 38.9. The summed E-state index contributed by atoms with van der Waals surface area (Å²) in [6, 6.07) is 0. The lowest BCUT2D eigenvalue weighted by molar-refractivity contribution is -0.158. The molecule has 0 amide bonds. The average molecular weight is 487 g/mol. The van der Waals surface area contributed by atoms with Crippen LogP contribution in [0.25, 0.3) is 0 Å². The molecule has 2 rings (SSSR count). The molecule has 2 aliphatic heterocycles. The van der Waals surface area contributed by atoms with E-state index in [2.05, 4.69) is 6.92 Å². The second kappa shape index (κ2) is 13.3. The van der Waals surface area contributed by atoms with E-state index in [1.54, 1.807) is 0 Å². The molecule has 4 N–H and O–H groups in total. The normalized spacial score (nSPS) is 31.1. The zero-order valence-corrected chi connectivity index (χ0v) is 20.4. The second-order valence-electron chi connectivity index (χ2n) is 9.64. The van der Waals surface area contributed by atoms with Gasteiger partial charge >= 0.3 is 23.9 Å². The van der Waals surface area contributed by atoms with Gasteiger partial charge < -0.3 is 20.4 Å². The number of rotatable bonds is 15. The lowest BCUT2D eigenvalue weighted by Gasteiger charge is -2.28. The third-order valence-electron chi connectivity index (χ3n) is 7.52. The van der Waals surface area contributed by atoms with Crippen LogP contribution in [-0.4, -0.2) is 61.8 Å². The molecular formula is C24H39O8P. The Labute approximate surface area is 196 Å². The van der Waals surface area contributed by atoms with E-state index >= 15 is 0 Å². The van der Waals surface area contributed by atoms with Crippen LogP contribution in [-0.2, 0) is 19.2 Å². The summed E-state index contributed by atoms with van der Waals surface area (Å²) in [7, 11) is -1.08. The van der Waals surface area contributed by atoms with Crippen LogP contribution in [0.15, 0.2) is 0 Å². The van der Waals surface area contributed by atoms with Crippen LogP contribution >= 0.6 is 7.92 Å². The molecule has 33 heavy (non-hydrogen) atoms. The van der Waals surface area contributed by atoms with Crippen molar-refractivity contribution in [1.82, 2.24) is 0 Å². The maximum atomic E-state index is 12.0. The van der Waals surface area contributed by atoms with Crippen LogP contribution in [0.1, 0.15) is 84.0 Å². The third-order valence-corrected chi connectivity index (χ3v) is 11.1. The van der Waals surface area contributed by atoms with Crippen molar-refractivity contribution in [2.75, 3.05) is 6.16 Å². The molecule has 8 nitrogen and oxygen atoms in total. The molecule has 2 fully saturated rings. The third kappa shape index (κ3) is 7.14. The van der Waals surface area contributed by atoms with E-state index in [-0.39, 0.29) is 12.8 Å². The van der Waals surface area contributed by atoms with Gasteiger partial charge in [-0.1, -0.05) is 72.6 Å². The molecule has 0 saturated carbocycles. The van der Waals surface area contributed by atoms with Crippen LogP contribution in [0.2, 0.25) is 0 Å². The van der Waals surface area contributed by atoms with Gasteiger partial charge in [0.15, 0.2) is 0 Å². The largest absolute Gasteiger partial charge is 0.481 e. The topological polar surface area (TPSA) is 149 Å². The lowest BCUT2D eigenvalue weighted by Crippen LogP contribution is -2.42. The predicted octanol–water partition coefficient (Wildman–Crippen LogP) is 4.74. The molecule has 0 aromatic rings. The molecular weight excluding hydrogens is 447 g/mol. The Morgan fingerprint density at radius 1 is 0.606 bits per heavy atom. The molecule has 2 aliphatic rings. The maximum Gasteiger partial charge on any atom is 0.308 e. The molecule has 0 aromatic heterocycles. The zero-order valence-electron chi connectivity index (χ0n) is 19.5. The summed E-state index contributed by atoms with van der Waals surface area (Å²) >= 11 is 0. The highest BCUT2D eigenvalue weighted by atomic mass is 31.1. The molecule has 188 valence electrons. The standard InChI is InChI=1S/C24H39O8P/c1-2-3-4-5-6-7-8-9-10-11-12-33-17-13-15(21(25)26)16(22(27)28)14-18(33)20(24(31)32)19(17)23(29)30/h15-20H,2-14H2,1H3,(H,25,26)(H,27,28)(H,29,30)(H,31,32). The fourth-order valence-electron chi connectivity index (χ4n) is 5.85. The number of hydrogen-bond acceptors (Lipinski definition) is 4. The Morgan fingerprint density at radius 3 is 1.30 bits per heavy atom. The molecule has 2 saturated heterocycles. The highest BCUT2D eigenvalue weighted by Crippen LogP contribution is 2.66. The predicted molar refractivity (Wildman–Crippen MR) is 125 cm³/mol. The monoisotopic (exact) mass is 486 g/mol. The zero-order chi connectivity index (χ0) is 24.5. The first kappa shape index (κ1) is 27.6. The number of aliphatic carboxylic acids is 4. The van der Waals surface area contributed by atoms with E-state index in [0.717, 1.165) is 25.7 Å². The van der Waals surface area contributed by atoms with Gasteiger partial charge in [-0.2, -0.15) is 0 Å². The summed E-state index contributed by atoms with van der Waals surface area (Å²) < 4.78 is 0. The molecule has 2 heterocycles. The van der Waals surface area contributed by atoms with Gasteiger partial charge in [0.1, 0.15) is 0 Å². The van der Waals surface area contributed by atoms with Crippen molar-refractivity contribution in [2.45, 2.75) is 95.3 Å². The van der Waals surface area contributed by atoms with Crippen molar-refractivity contribution in [3.05, 3.63) is 0 Å². The minimum atomic E-state index is -1.24. The van der Waals surface area contributed by atoms with E-state index in [4.69, 9.17) is 0 Å². The highest BCUT2D eigenvalue weighted by molar-refractivity contribution is 7.59. The molecule has 2 bridgehead atoms. The molecule has 0 radical (unpaired) electrons. The number of hydrogen-bond donors (Lipinski definition) is 4. The van der Waals surface area contributed by atoms with Crippen LogP contribution in [0, 0.1) is 23.7 Å². The Hall–Kier alpha value is -1.69. The summed E-state index contributed by atoms with van der Waals surface area (Å²) in [6.07, 6.45) is 12.1. The summed E-state index contributed by atoms with van der Waals surface area (Å²) in [6.45, 7) is 2.20. The Morgan fingerprint density at radius 2 is 0.970 bits per heavy atom. The van der Waals surface area contributed by atoms with Gasteiger partial charge in [-0.25, -0.2) is 0 Å². The van der Waals surface area contributed by atoms with Gasteiger partial charge in [-0.15, -0.1) is 0 Å². The van der Waals surface area contributed by atoms with Crippen molar-refractivity contribution >= 4 is 31.8 Å². The molecule has 0 spiro atoms. The molecule has 6 unspecified atom stereocenters. The molecule has 6 atom stereocenters. The van der Waals surface area contributed by atoms with Crippen LogP contribution < -0.4 is 0 Å². The SMILES string of the molecule is CCCCCCCCCCCCP1C2CC(C(=O)O)C(C(=O)O)CC1C(C(=O)O)C2C(=O)O. The van der Waals surface area contributed by atoms with E-state index in [0.29, 0.717) is 6.16 Å². The fraction of sp³-hybridized carbons (Fsp3) is 0.833. The van der Waals surface area contributed by atoms with Crippen molar-refractivity contribution < 1.29 is 39.6 Å². The van der Waals surface area contributed by atoms with Crippen molar-refractivity contribution in [1.29, 1.82) is 0 Å². The van der Waals surface area contributed by atoms with E-state index in [1.807, 2.05) is 0 Å². The number of carboxylic acids is 4.